The lowest BCUT2D eigenvalue weighted by atomic mass is 9.50. The van der Waals surface area contributed by atoms with Crippen LogP contribution in [0.25, 0.3) is 10.9 Å². The zero-order valence-corrected chi connectivity index (χ0v) is 14.3. The predicted octanol–water partition coefficient (Wildman–Crippen LogP) is 2.51. The number of anilines is 1. The monoisotopic (exact) mass is 348 g/mol. The van der Waals surface area contributed by atoms with E-state index in [0.717, 1.165) is 36.0 Å². The molecule has 7 heteroatoms. The van der Waals surface area contributed by atoms with Crippen LogP contribution in [-0.4, -0.2) is 37.9 Å². The number of nitrogens with zero attached hydrogens (tertiary/aromatic N) is 3. The highest BCUT2D eigenvalue weighted by Gasteiger charge is 2.58. The molecule has 0 bridgehead atoms. The summed E-state index contributed by atoms with van der Waals surface area (Å²) in [6.45, 7) is 0. The molecule has 0 aliphatic heterocycles. The summed E-state index contributed by atoms with van der Waals surface area (Å²) in [4.78, 5) is 28.2. The minimum Gasteiger partial charge on any atom is -0.367 e. The van der Waals surface area contributed by atoms with Crippen LogP contribution in [0.5, 0.6) is 0 Å². The van der Waals surface area contributed by atoms with Gasteiger partial charge in [-0.05, 0) is 37.5 Å². The molecule has 2 atom stereocenters. The number of aromatic amines is 1. The van der Waals surface area contributed by atoms with Crippen LogP contribution in [0.15, 0.2) is 43.1 Å². The molecule has 2 unspecified atom stereocenters. The van der Waals surface area contributed by atoms with Gasteiger partial charge in [-0.3, -0.25) is 9.78 Å². The van der Waals surface area contributed by atoms with Gasteiger partial charge in [-0.25, -0.2) is 9.97 Å². The minimum absolute atomic E-state index is 0.0436. The summed E-state index contributed by atoms with van der Waals surface area (Å²) in [7, 11) is 0. The highest BCUT2D eigenvalue weighted by atomic mass is 16.2. The molecule has 2 fully saturated rings. The van der Waals surface area contributed by atoms with E-state index in [1.165, 1.54) is 6.42 Å². The molecular weight excluding hydrogens is 328 g/mol. The smallest absolute Gasteiger partial charge is 0.267 e. The molecule has 3 aromatic heterocycles. The van der Waals surface area contributed by atoms with Crippen molar-refractivity contribution in [2.24, 2.45) is 5.41 Å². The molecule has 3 heterocycles. The standard InChI is InChI=1S/C19H20N6O/c26-18(14-8-12-10-20-6-2-13(12)23-14)25-16-9-15(19(16)4-1-5-19)24-17-3-7-21-11-22-17/h2-3,6-8,10-11,15-16,23H,1,4-5,9H2,(H,25,26)(H,21,22,24). The first-order valence-corrected chi connectivity index (χ1v) is 9.01. The van der Waals surface area contributed by atoms with E-state index < -0.39 is 0 Å². The number of H-pyrrole nitrogens is 1. The lowest BCUT2D eigenvalue weighted by Crippen LogP contribution is -2.69. The number of carbonyl (C=O) groups excluding carboxylic acids is 1. The number of hydrogen-bond acceptors (Lipinski definition) is 5. The lowest BCUT2D eigenvalue weighted by molar-refractivity contribution is -0.0301. The van der Waals surface area contributed by atoms with E-state index in [1.54, 1.807) is 24.9 Å². The third-order valence-corrected chi connectivity index (χ3v) is 6.02. The highest BCUT2D eigenvalue weighted by molar-refractivity contribution is 5.98. The van der Waals surface area contributed by atoms with Gasteiger partial charge in [0.25, 0.3) is 5.91 Å². The van der Waals surface area contributed by atoms with E-state index in [0.29, 0.717) is 11.7 Å². The van der Waals surface area contributed by atoms with E-state index >= 15 is 0 Å². The van der Waals surface area contributed by atoms with Crippen molar-refractivity contribution in [2.45, 2.75) is 37.8 Å². The van der Waals surface area contributed by atoms with Gasteiger partial charge < -0.3 is 15.6 Å². The van der Waals surface area contributed by atoms with Crippen molar-refractivity contribution in [2.75, 3.05) is 5.32 Å². The summed E-state index contributed by atoms with van der Waals surface area (Å²) in [5.41, 5.74) is 1.67. The Hall–Kier alpha value is -2.96. The number of pyridine rings is 1. The van der Waals surface area contributed by atoms with E-state index in [1.807, 2.05) is 18.2 Å². The van der Waals surface area contributed by atoms with Crippen LogP contribution >= 0.6 is 0 Å². The first-order chi connectivity index (χ1) is 12.7. The molecule has 2 saturated carbocycles. The quantitative estimate of drug-likeness (QED) is 0.673. The number of nitrogens with one attached hydrogen (secondary N) is 3. The van der Waals surface area contributed by atoms with Crippen molar-refractivity contribution in [1.82, 2.24) is 25.3 Å². The number of amides is 1. The van der Waals surface area contributed by atoms with Gasteiger partial charge >= 0.3 is 0 Å². The van der Waals surface area contributed by atoms with Gasteiger partial charge in [0.15, 0.2) is 0 Å². The van der Waals surface area contributed by atoms with Crippen molar-refractivity contribution >= 4 is 22.6 Å². The molecule has 132 valence electrons. The fourth-order valence-corrected chi connectivity index (χ4v) is 4.36. The van der Waals surface area contributed by atoms with Crippen molar-refractivity contribution in [3.05, 3.63) is 48.8 Å². The average Bonchev–Trinajstić information content (AvgIpc) is 3.04. The molecule has 0 radical (unpaired) electrons. The van der Waals surface area contributed by atoms with Gasteiger partial charge in [-0.15, -0.1) is 0 Å². The summed E-state index contributed by atoms with van der Waals surface area (Å²) in [6, 6.07) is 6.18. The topological polar surface area (TPSA) is 95.6 Å². The first-order valence-electron chi connectivity index (χ1n) is 9.01. The van der Waals surface area contributed by atoms with E-state index in [-0.39, 0.29) is 17.4 Å². The van der Waals surface area contributed by atoms with Gasteiger partial charge in [0.2, 0.25) is 0 Å². The van der Waals surface area contributed by atoms with Crippen molar-refractivity contribution in [3.63, 3.8) is 0 Å². The van der Waals surface area contributed by atoms with Gasteiger partial charge in [0, 0.05) is 47.0 Å². The van der Waals surface area contributed by atoms with Crippen LogP contribution in [0.2, 0.25) is 0 Å². The Morgan fingerprint density at radius 1 is 1.19 bits per heavy atom. The summed E-state index contributed by atoms with van der Waals surface area (Å²) < 4.78 is 0. The fourth-order valence-electron chi connectivity index (χ4n) is 4.36. The maximum Gasteiger partial charge on any atom is 0.267 e. The number of aromatic nitrogens is 4. The SMILES string of the molecule is O=C(NC1CC(Nc2ccncn2)C12CCC2)c1cc2cnccc2[nH]1. The molecule has 26 heavy (non-hydrogen) atoms. The van der Waals surface area contributed by atoms with Crippen molar-refractivity contribution in [1.29, 1.82) is 0 Å². The Bertz CT molecular complexity index is 916. The van der Waals surface area contributed by atoms with Gasteiger partial charge in [-0.1, -0.05) is 6.42 Å². The fraction of sp³-hybridized carbons (Fsp3) is 0.368. The maximum atomic E-state index is 12.7. The van der Waals surface area contributed by atoms with E-state index in [4.69, 9.17) is 0 Å². The normalized spacial score (nSPS) is 23.2. The van der Waals surface area contributed by atoms with E-state index in [9.17, 15) is 4.79 Å². The van der Waals surface area contributed by atoms with Gasteiger partial charge in [0.05, 0.1) is 0 Å². The molecule has 7 nitrogen and oxygen atoms in total. The zero-order chi connectivity index (χ0) is 17.6. The van der Waals surface area contributed by atoms with Crippen LogP contribution in [0.3, 0.4) is 0 Å². The Morgan fingerprint density at radius 2 is 2.08 bits per heavy atom. The summed E-state index contributed by atoms with van der Waals surface area (Å²) in [6.07, 6.45) is 11.2. The summed E-state index contributed by atoms with van der Waals surface area (Å²) >= 11 is 0. The molecular formula is C19H20N6O. The molecule has 0 aromatic carbocycles. The molecule has 0 saturated heterocycles. The number of fused-ring (bicyclic) bond motifs is 1. The molecule has 2 aliphatic carbocycles. The zero-order valence-electron chi connectivity index (χ0n) is 14.3. The van der Waals surface area contributed by atoms with Crippen molar-refractivity contribution in [3.8, 4) is 0 Å². The number of rotatable bonds is 4. The van der Waals surface area contributed by atoms with Crippen LogP contribution in [0.4, 0.5) is 5.82 Å². The van der Waals surface area contributed by atoms with Gasteiger partial charge in [0.1, 0.15) is 17.8 Å². The van der Waals surface area contributed by atoms with Crippen LogP contribution in [0.1, 0.15) is 36.2 Å². The molecule has 3 N–H and O–H groups in total. The van der Waals surface area contributed by atoms with E-state index in [2.05, 4.69) is 30.6 Å². The third kappa shape index (κ3) is 2.34. The Morgan fingerprint density at radius 3 is 2.81 bits per heavy atom. The molecule has 1 spiro atoms. The Balaban J connectivity index is 1.29. The summed E-state index contributed by atoms with van der Waals surface area (Å²) in [5, 5.41) is 7.71. The van der Waals surface area contributed by atoms with Crippen molar-refractivity contribution < 1.29 is 4.79 Å². The second kappa shape index (κ2) is 5.79. The highest BCUT2D eigenvalue weighted by Crippen LogP contribution is 2.56. The van der Waals surface area contributed by atoms with Crippen LogP contribution < -0.4 is 10.6 Å². The number of hydrogen-bond donors (Lipinski definition) is 3. The third-order valence-electron chi connectivity index (χ3n) is 6.02. The Kier molecular flexibility index (Phi) is 3.41. The molecule has 3 aromatic rings. The molecule has 5 rings (SSSR count). The van der Waals surface area contributed by atoms with Gasteiger partial charge in [-0.2, -0.15) is 0 Å². The predicted molar refractivity (Wildman–Crippen MR) is 97.7 cm³/mol. The molecule has 2 aliphatic rings. The second-order valence-corrected chi connectivity index (χ2v) is 7.29. The largest absolute Gasteiger partial charge is 0.367 e. The van der Waals surface area contributed by atoms with Crippen LogP contribution in [-0.2, 0) is 0 Å². The first kappa shape index (κ1) is 15.3. The minimum atomic E-state index is -0.0436. The Labute approximate surface area is 150 Å². The lowest BCUT2D eigenvalue weighted by Gasteiger charge is -2.61. The summed E-state index contributed by atoms with van der Waals surface area (Å²) in [5.74, 6) is 0.808. The average molecular weight is 348 g/mol. The molecule has 1 amide bonds. The van der Waals surface area contributed by atoms with Crippen LogP contribution in [0, 0.1) is 5.41 Å². The number of carbonyl (C=O) groups is 1. The second-order valence-electron chi connectivity index (χ2n) is 7.29. The maximum absolute atomic E-state index is 12.7.